The number of thiazole rings is 1. The second-order valence-corrected chi connectivity index (χ2v) is 6.50. The predicted octanol–water partition coefficient (Wildman–Crippen LogP) is 3.10. The zero-order chi connectivity index (χ0) is 15.4. The maximum Gasteiger partial charge on any atom is 0.164 e. The molecule has 1 saturated heterocycles. The fourth-order valence-electron chi connectivity index (χ4n) is 2.59. The summed E-state index contributed by atoms with van der Waals surface area (Å²) in [5.74, 6) is 0.206. The molecule has 0 unspecified atom stereocenters. The van der Waals surface area contributed by atoms with E-state index in [1.165, 1.54) is 5.56 Å². The summed E-state index contributed by atoms with van der Waals surface area (Å²) in [6.45, 7) is 5.19. The molecule has 22 heavy (non-hydrogen) atoms. The van der Waals surface area contributed by atoms with Crippen molar-refractivity contribution >= 4 is 17.1 Å². The SMILES string of the molecule is Cc1ccc(C(=O)CCN2CCO[C@@H](c3nccs3)C2)cc1. The zero-order valence-electron chi connectivity index (χ0n) is 12.7. The number of carbonyl (C=O) groups excluding carboxylic acids is 1. The van der Waals surface area contributed by atoms with Gasteiger partial charge < -0.3 is 4.74 Å². The first-order valence-corrected chi connectivity index (χ1v) is 8.43. The molecule has 3 rings (SSSR count). The highest BCUT2D eigenvalue weighted by Crippen LogP contribution is 2.24. The van der Waals surface area contributed by atoms with Crippen LogP contribution in [0.1, 0.15) is 33.5 Å². The molecule has 1 fully saturated rings. The summed E-state index contributed by atoms with van der Waals surface area (Å²) in [7, 11) is 0. The van der Waals surface area contributed by atoms with Crippen LogP contribution in [0, 0.1) is 6.92 Å². The van der Waals surface area contributed by atoms with Gasteiger partial charge in [0.25, 0.3) is 0 Å². The first-order valence-electron chi connectivity index (χ1n) is 7.55. The monoisotopic (exact) mass is 316 g/mol. The molecular formula is C17H20N2O2S. The van der Waals surface area contributed by atoms with E-state index in [1.807, 2.05) is 42.8 Å². The van der Waals surface area contributed by atoms with Crippen molar-refractivity contribution in [2.45, 2.75) is 19.4 Å². The third-order valence-electron chi connectivity index (χ3n) is 3.91. The number of ketones is 1. The first kappa shape index (κ1) is 15.3. The normalized spacial score (nSPS) is 19.2. The van der Waals surface area contributed by atoms with Crippen molar-refractivity contribution in [2.75, 3.05) is 26.2 Å². The molecule has 1 aliphatic rings. The van der Waals surface area contributed by atoms with Gasteiger partial charge in [-0.15, -0.1) is 11.3 Å². The van der Waals surface area contributed by atoms with Crippen molar-refractivity contribution in [3.63, 3.8) is 0 Å². The van der Waals surface area contributed by atoms with E-state index in [4.69, 9.17) is 4.74 Å². The number of hydrogen-bond acceptors (Lipinski definition) is 5. The van der Waals surface area contributed by atoms with Gasteiger partial charge in [-0.1, -0.05) is 29.8 Å². The zero-order valence-corrected chi connectivity index (χ0v) is 13.5. The van der Waals surface area contributed by atoms with Crippen LogP contribution in [-0.4, -0.2) is 41.9 Å². The number of benzene rings is 1. The van der Waals surface area contributed by atoms with Gasteiger partial charge in [0.15, 0.2) is 5.78 Å². The first-order chi connectivity index (χ1) is 10.7. The molecular weight excluding hydrogens is 296 g/mol. The molecule has 5 heteroatoms. The lowest BCUT2D eigenvalue weighted by Crippen LogP contribution is -2.39. The number of rotatable bonds is 5. The van der Waals surface area contributed by atoms with E-state index in [0.717, 1.165) is 30.2 Å². The van der Waals surface area contributed by atoms with E-state index < -0.39 is 0 Å². The molecule has 0 radical (unpaired) electrons. The molecule has 0 N–H and O–H groups in total. The summed E-state index contributed by atoms with van der Waals surface area (Å²) in [6, 6.07) is 7.80. The van der Waals surface area contributed by atoms with E-state index in [1.54, 1.807) is 11.3 Å². The molecule has 1 aromatic carbocycles. The standard InChI is InChI=1S/C17H20N2O2S/c1-13-2-4-14(5-3-13)15(20)6-8-19-9-10-21-16(12-19)17-18-7-11-22-17/h2-5,7,11,16H,6,8-10,12H2,1H3/t16-/m1/s1. The molecule has 4 nitrogen and oxygen atoms in total. The van der Waals surface area contributed by atoms with Gasteiger partial charge in [0.05, 0.1) is 6.61 Å². The lowest BCUT2D eigenvalue weighted by Gasteiger charge is -2.31. The van der Waals surface area contributed by atoms with Gasteiger partial charge in [0.2, 0.25) is 0 Å². The van der Waals surface area contributed by atoms with Crippen molar-refractivity contribution in [2.24, 2.45) is 0 Å². The van der Waals surface area contributed by atoms with Gasteiger partial charge in [-0.25, -0.2) is 4.98 Å². The Morgan fingerprint density at radius 3 is 2.95 bits per heavy atom. The molecule has 2 aromatic rings. The van der Waals surface area contributed by atoms with E-state index >= 15 is 0 Å². The smallest absolute Gasteiger partial charge is 0.164 e. The number of morpholine rings is 1. The number of aryl methyl sites for hydroxylation is 1. The minimum Gasteiger partial charge on any atom is -0.368 e. The quantitative estimate of drug-likeness (QED) is 0.795. The van der Waals surface area contributed by atoms with Crippen LogP contribution in [0.2, 0.25) is 0 Å². The Kier molecular flexibility index (Phi) is 4.97. The molecule has 1 aromatic heterocycles. The molecule has 0 spiro atoms. The second kappa shape index (κ2) is 7.13. The van der Waals surface area contributed by atoms with Gasteiger partial charge in [0, 0.05) is 43.2 Å². The van der Waals surface area contributed by atoms with Crippen molar-refractivity contribution in [3.05, 3.63) is 52.0 Å². The van der Waals surface area contributed by atoms with E-state index in [-0.39, 0.29) is 11.9 Å². The summed E-state index contributed by atoms with van der Waals surface area (Å²) in [4.78, 5) is 18.9. The lowest BCUT2D eigenvalue weighted by molar-refractivity contribution is -0.0298. The van der Waals surface area contributed by atoms with Crippen molar-refractivity contribution < 1.29 is 9.53 Å². The van der Waals surface area contributed by atoms with E-state index in [0.29, 0.717) is 13.0 Å². The molecule has 2 heterocycles. The Morgan fingerprint density at radius 1 is 1.41 bits per heavy atom. The Hall–Kier alpha value is -1.56. The third-order valence-corrected chi connectivity index (χ3v) is 4.77. The van der Waals surface area contributed by atoms with Crippen molar-refractivity contribution in [1.29, 1.82) is 0 Å². The van der Waals surface area contributed by atoms with Crippen LogP contribution in [0.5, 0.6) is 0 Å². The Bertz CT molecular complexity index is 610. The maximum atomic E-state index is 12.2. The fraction of sp³-hybridized carbons (Fsp3) is 0.412. The van der Waals surface area contributed by atoms with Gasteiger partial charge in [-0.3, -0.25) is 9.69 Å². The number of ether oxygens (including phenoxy) is 1. The molecule has 1 atom stereocenters. The number of hydrogen-bond donors (Lipinski definition) is 0. The summed E-state index contributed by atoms with van der Waals surface area (Å²) in [5.41, 5.74) is 1.98. The average molecular weight is 316 g/mol. The highest BCUT2D eigenvalue weighted by molar-refractivity contribution is 7.09. The van der Waals surface area contributed by atoms with Crippen LogP contribution < -0.4 is 0 Å². The largest absolute Gasteiger partial charge is 0.368 e. The predicted molar refractivity (Wildman–Crippen MR) is 87.4 cm³/mol. The summed E-state index contributed by atoms with van der Waals surface area (Å²) in [5, 5.41) is 2.99. The Balaban J connectivity index is 1.52. The molecule has 0 amide bonds. The van der Waals surface area contributed by atoms with Crippen LogP contribution in [0.3, 0.4) is 0 Å². The maximum absolute atomic E-state index is 12.2. The van der Waals surface area contributed by atoms with Crippen LogP contribution in [0.4, 0.5) is 0 Å². The minimum absolute atomic E-state index is 0.0447. The van der Waals surface area contributed by atoms with E-state index in [9.17, 15) is 4.79 Å². The summed E-state index contributed by atoms with van der Waals surface area (Å²) < 4.78 is 5.78. The summed E-state index contributed by atoms with van der Waals surface area (Å²) in [6.07, 6.45) is 2.40. The van der Waals surface area contributed by atoms with Gasteiger partial charge in [0.1, 0.15) is 11.1 Å². The Labute approximate surface area is 134 Å². The molecule has 116 valence electrons. The van der Waals surface area contributed by atoms with Crippen LogP contribution >= 0.6 is 11.3 Å². The highest BCUT2D eigenvalue weighted by atomic mass is 32.1. The lowest BCUT2D eigenvalue weighted by atomic mass is 10.1. The van der Waals surface area contributed by atoms with Crippen molar-refractivity contribution in [1.82, 2.24) is 9.88 Å². The highest BCUT2D eigenvalue weighted by Gasteiger charge is 2.24. The summed E-state index contributed by atoms with van der Waals surface area (Å²) >= 11 is 1.62. The van der Waals surface area contributed by atoms with Crippen LogP contribution in [0.15, 0.2) is 35.8 Å². The second-order valence-electron chi connectivity index (χ2n) is 5.57. The average Bonchev–Trinajstić information content (AvgIpc) is 3.08. The molecule has 1 aliphatic heterocycles. The van der Waals surface area contributed by atoms with Crippen LogP contribution in [0.25, 0.3) is 0 Å². The third kappa shape index (κ3) is 3.80. The number of carbonyl (C=O) groups is 1. The Morgan fingerprint density at radius 2 is 2.23 bits per heavy atom. The van der Waals surface area contributed by atoms with Crippen LogP contribution in [-0.2, 0) is 4.74 Å². The van der Waals surface area contributed by atoms with Gasteiger partial charge in [-0.05, 0) is 6.92 Å². The van der Waals surface area contributed by atoms with Gasteiger partial charge in [-0.2, -0.15) is 0 Å². The van der Waals surface area contributed by atoms with E-state index in [2.05, 4.69) is 9.88 Å². The van der Waals surface area contributed by atoms with Crippen molar-refractivity contribution in [3.8, 4) is 0 Å². The fourth-order valence-corrected chi connectivity index (χ4v) is 3.27. The number of aromatic nitrogens is 1. The molecule has 0 aliphatic carbocycles. The minimum atomic E-state index is 0.0447. The number of Topliss-reactive ketones (excluding diaryl/α,β-unsaturated/α-hetero) is 1. The topological polar surface area (TPSA) is 42.4 Å². The van der Waals surface area contributed by atoms with Gasteiger partial charge >= 0.3 is 0 Å². The molecule has 0 saturated carbocycles. The number of nitrogens with zero attached hydrogens (tertiary/aromatic N) is 2. The molecule has 0 bridgehead atoms.